The summed E-state index contributed by atoms with van der Waals surface area (Å²) in [5, 5.41) is 4.49. The molecule has 1 atom stereocenters. The van der Waals surface area contributed by atoms with Gasteiger partial charge in [0.05, 0.1) is 36.5 Å². The zero-order valence-electron chi connectivity index (χ0n) is 21.4. The molecule has 3 amide bonds. The van der Waals surface area contributed by atoms with E-state index < -0.39 is 23.8 Å². The molecule has 200 valence electrons. The average molecular weight is 548 g/mol. The molecule has 0 saturated carbocycles. The van der Waals surface area contributed by atoms with E-state index in [0.29, 0.717) is 34.4 Å². The number of carbonyl (C=O) groups is 3. The van der Waals surface area contributed by atoms with Crippen molar-refractivity contribution in [2.24, 2.45) is 0 Å². The van der Waals surface area contributed by atoms with Crippen molar-refractivity contribution in [2.45, 2.75) is 39.3 Å². The van der Waals surface area contributed by atoms with Crippen LogP contribution in [0.5, 0.6) is 5.75 Å². The second kappa shape index (κ2) is 11.2. The van der Waals surface area contributed by atoms with Crippen LogP contribution in [0, 0.1) is 6.92 Å². The molecule has 1 aliphatic heterocycles. The summed E-state index contributed by atoms with van der Waals surface area (Å²) in [6, 6.07) is 16.0. The number of nitrogens with zero attached hydrogens (tertiary/aromatic N) is 3. The van der Waals surface area contributed by atoms with E-state index in [2.05, 4.69) is 5.16 Å². The Balaban J connectivity index is 1.49. The molecule has 0 spiro atoms. The van der Waals surface area contributed by atoms with Gasteiger partial charge >= 0.3 is 0 Å². The third-order valence-electron chi connectivity index (χ3n) is 6.44. The predicted octanol–water partition coefficient (Wildman–Crippen LogP) is 5.66. The van der Waals surface area contributed by atoms with Gasteiger partial charge in [-0.15, -0.1) is 0 Å². The monoisotopic (exact) mass is 547 g/mol. The van der Waals surface area contributed by atoms with Gasteiger partial charge < -0.3 is 18.6 Å². The number of hydrogen-bond donors (Lipinski definition) is 0. The molecular formula is C29H26ClN3O6. The number of aryl methyl sites for hydroxylation is 1. The summed E-state index contributed by atoms with van der Waals surface area (Å²) in [5.41, 5.74) is 1.33. The lowest BCUT2D eigenvalue weighted by Gasteiger charge is -2.27. The van der Waals surface area contributed by atoms with Crippen LogP contribution >= 0.6 is 11.6 Å². The number of benzene rings is 2. The van der Waals surface area contributed by atoms with Gasteiger partial charge in [-0.1, -0.05) is 41.9 Å². The lowest BCUT2D eigenvalue weighted by molar-refractivity contribution is -0.122. The molecule has 39 heavy (non-hydrogen) atoms. The zero-order chi connectivity index (χ0) is 27.5. The molecule has 0 unspecified atom stereocenters. The number of imide groups is 1. The average Bonchev–Trinajstić information content (AvgIpc) is 3.66. The van der Waals surface area contributed by atoms with Crippen molar-refractivity contribution in [2.75, 3.05) is 11.5 Å². The van der Waals surface area contributed by atoms with Crippen LogP contribution in [0.1, 0.15) is 41.6 Å². The maximum atomic E-state index is 14.1. The highest BCUT2D eigenvalue weighted by atomic mass is 35.5. The molecular weight excluding hydrogens is 522 g/mol. The van der Waals surface area contributed by atoms with Gasteiger partial charge in [0, 0.05) is 5.56 Å². The van der Waals surface area contributed by atoms with Gasteiger partial charge in [0.15, 0.2) is 0 Å². The van der Waals surface area contributed by atoms with Crippen LogP contribution < -0.4 is 9.64 Å². The van der Waals surface area contributed by atoms with Gasteiger partial charge in [0.25, 0.3) is 11.8 Å². The van der Waals surface area contributed by atoms with Gasteiger partial charge in [-0.2, -0.15) is 0 Å². The van der Waals surface area contributed by atoms with Crippen LogP contribution in [0.2, 0.25) is 5.02 Å². The first kappa shape index (κ1) is 26.2. The van der Waals surface area contributed by atoms with Crippen LogP contribution in [0.3, 0.4) is 0 Å². The number of aromatic nitrogens is 1. The topological polar surface area (TPSA) is 106 Å². The minimum atomic E-state index is -1.07. The van der Waals surface area contributed by atoms with E-state index >= 15 is 0 Å². The first-order valence-electron chi connectivity index (χ1n) is 12.5. The molecule has 0 aliphatic carbocycles. The maximum Gasteiger partial charge on any atom is 0.260 e. The molecule has 0 N–H and O–H groups in total. The van der Waals surface area contributed by atoms with Crippen LogP contribution in [0.15, 0.2) is 75.9 Å². The van der Waals surface area contributed by atoms with Crippen molar-refractivity contribution in [1.29, 1.82) is 0 Å². The number of carbonyl (C=O) groups excluding carboxylic acids is 3. The fourth-order valence-corrected chi connectivity index (χ4v) is 4.77. The number of furan rings is 1. The Morgan fingerprint density at radius 3 is 2.59 bits per heavy atom. The largest absolute Gasteiger partial charge is 0.494 e. The van der Waals surface area contributed by atoms with Crippen molar-refractivity contribution in [3.05, 3.63) is 89.0 Å². The highest BCUT2D eigenvalue weighted by molar-refractivity contribution is 6.33. The molecule has 10 heteroatoms. The minimum Gasteiger partial charge on any atom is -0.494 e. The van der Waals surface area contributed by atoms with Crippen molar-refractivity contribution in [3.8, 4) is 17.0 Å². The van der Waals surface area contributed by atoms with Crippen molar-refractivity contribution in [3.63, 3.8) is 0 Å². The fraction of sp³-hybridized carbons (Fsp3) is 0.241. The Bertz CT molecular complexity index is 1500. The van der Waals surface area contributed by atoms with Crippen molar-refractivity contribution < 1.29 is 28.1 Å². The number of rotatable bonds is 9. The van der Waals surface area contributed by atoms with E-state index in [4.69, 9.17) is 25.3 Å². The van der Waals surface area contributed by atoms with Crippen LogP contribution in [-0.2, 0) is 16.1 Å². The van der Waals surface area contributed by atoms with E-state index in [1.165, 1.54) is 11.2 Å². The number of halogens is 1. The molecule has 5 rings (SSSR count). The quantitative estimate of drug-likeness (QED) is 0.249. The Morgan fingerprint density at radius 1 is 1.13 bits per heavy atom. The lowest BCUT2D eigenvalue weighted by atomic mass is 10.0. The summed E-state index contributed by atoms with van der Waals surface area (Å²) in [6.45, 7) is 4.14. The number of ether oxygens (including phenoxy) is 1. The lowest BCUT2D eigenvalue weighted by Crippen LogP contribution is -2.45. The second-order valence-electron chi connectivity index (χ2n) is 9.08. The second-order valence-corrected chi connectivity index (χ2v) is 9.49. The smallest absolute Gasteiger partial charge is 0.260 e. The van der Waals surface area contributed by atoms with E-state index in [0.717, 1.165) is 11.3 Å². The van der Waals surface area contributed by atoms with Crippen LogP contribution in [-0.4, -0.2) is 40.4 Å². The van der Waals surface area contributed by atoms with Gasteiger partial charge in [-0.25, -0.2) is 4.90 Å². The fourth-order valence-electron chi connectivity index (χ4n) is 4.54. The van der Waals surface area contributed by atoms with Crippen LogP contribution in [0.4, 0.5) is 5.69 Å². The van der Waals surface area contributed by atoms with Gasteiger partial charge in [-0.05, 0) is 55.8 Å². The third-order valence-corrected chi connectivity index (χ3v) is 6.77. The minimum absolute atomic E-state index is 0.0419. The molecule has 1 aliphatic rings. The molecule has 4 aromatic rings. The summed E-state index contributed by atoms with van der Waals surface area (Å²) < 4.78 is 16.5. The molecule has 0 bridgehead atoms. The summed E-state index contributed by atoms with van der Waals surface area (Å²) in [4.78, 5) is 43.4. The number of anilines is 1. The summed E-state index contributed by atoms with van der Waals surface area (Å²) >= 11 is 6.40. The van der Waals surface area contributed by atoms with Crippen molar-refractivity contribution >= 4 is 35.0 Å². The van der Waals surface area contributed by atoms with Gasteiger partial charge in [0.1, 0.15) is 34.6 Å². The molecule has 3 heterocycles. The first-order valence-corrected chi connectivity index (χ1v) is 12.9. The maximum absolute atomic E-state index is 14.1. The summed E-state index contributed by atoms with van der Waals surface area (Å²) in [6.07, 6.45) is 2.15. The number of hydrogen-bond acceptors (Lipinski definition) is 7. The van der Waals surface area contributed by atoms with E-state index in [1.807, 2.05) is 6.92 Å². The summed E-state index contributed by atoms with van der Waals surface area (Å²) in [5.74, 6) is -0.116. The van der Waals surface area contributed by atoms with E-state index in [9.17, 15) is 14.4 Å². The standard InChI is InChI=1S/C29H26ClN3O6/c1-3-14-37-20-12-10-19(11-13-20)33-25(34)16-24(28(33)35)32(17-21-7-6-15-38-21)29(36)26-18(2)39-31-27(26)22-8-4-5-9-23(22)30/h4-13,15,24H,3,14,16-17H2,1-2H3/t24-/m0/s1. The Labute approximate surface area is 229 Å². The highest BCUT2D eigenvalue weighted by Crippen LogP contribution is 2.34. The molecule has 2 aromatic heterocycles. The molecule has 9 nitrogen and oxygen atoms in total. The normalized spacial score (nSPS) is 15.2. The zero-order valence-corrected chi connectivity index (χ0v) is 22.2. The molecule has 1 fully saturated rings. The Morgan fingerprint density at radius 2 is 1.90 bits per heavy atom. The highest BCUT2D eigenvalue weighted by Gasteiger charge is 2.45. The molecule has 0 radical (unpaired) electrons. The first-order chi connectivity index (χ1) is 18.9. The summed E-state index contributed by atoms with van der Waals surface area (Å²) in [7, 11) is 0. The molecule has 2 aromatic carbocycles. The van der Waals surface area contributed by atoms with Gasteiger partial charge in [0.2, 0.25) is 5.91 Å². The predicted molar refractivity (Wildman–Crippen MR) is 143 cm³/mol. The molecule has 1 saturated heterocycles. The van der Waals surface area contributed by atoms with E-state index in [-0.39, 0.29) is 30.0 Å². The van der Waals surface area contributed by atoms with E-state index in [1.54, 1.807) is 67.6 Å². The van der Waals surface area contributed by atoms with Crippen molar-refractivity contribution in [1.82, 2.24) is 10.1 Å². The SMILES string of the molecule is CCCOc1ccc(N2C(=O)C[C@H](N(Cc3ccco3)C(=O)c3c(-c4ccccc4Cl)noc3C)C2=O)cc1. The Hall–Kier alpha value is -4.37. The number of amides is 3. The third kappa shape index (κ3) is 5.18. The van der Waals surface area contributed by atoms with Gasteiger partial charge in [-0.3, -0.25) is 14.4 Å². The van der Waals surface area contributed by atoms with Crippen LogP contribution in [0.25, 0.3) is 11.3 Å². The Kier molecular flexibility index (Phi) is 7.51.